The van der Waals surface area contributed by atoms with Crippen molar-refractivity contribution in [1.29, 1.82) is 0 Å². The van der Waals surface area contributed by atoms with Crippen LogP contribution in [0.3, 0.4) is 0 Å². The number of rotatable bonds is 5. The van der Waals surface area contributed by atoms with Crippen molar-refractivity contribution in [3.63, 3.8) is 0 Å². The molecule has 3 rings (SSSR count). The molecule has 0 spiro atoms. The van der Waals surface area contributed by atoms with E-state index in [1.165, 1.54) is 31.5 Å². The van der Waals surface area contributed by atoms with Gasteiger partial charge in [-0.1, -0.05) is 6.92 Å². The molecule has 1 aliphatic carbocycles. The van der Waals surface area contributed by atoms with Gasteiger partial charge < -0.3 is 5.32 Å². The van der Waals surface area contributed by atoms with Gasteiger partial charge in [0.1, 0.15) is 0 Å². The molecular weight excluding hydrogens is 260 g/mol. The van der Waals surface area contributed by atoms with E-state index in [1.54, 1.807) is 0 Å². The fourth-order valence-corrected chi connectivity index (χ4v) is 3.60. The molecule has 21 heavy (non-hydrogen) atoms. The van der Waals surface area contributed by atoms with E-state index in [0.717, 1.165) is 31.2 Å². The number of nitrogens with zero attached hydrogens (tertiary/aromatic N) is 3. The number of aryl methyl sites for hydroxylation is 2. The van der Waals surface area contributed by atoms with Crippen LogP contribution in [0.25, 0.3) is 0 Å². The molecule has 2 aliphatic rings. The Balaban J connectivity index is 1.78. The minimum Gasteiger partial charge on any atom is -0.311 e. The van der Waals surface area contributed by atoms with Crippen LogP contribution in [0, 0.1) is 12.8 Å². The Morgan fingerprint density at radius 3 is 2.76 bits per heavy atom. The molecule has 0 radical (unpaired) electrons. The number of hydrogen-bond donors (Lipinski definition) is 1. The fraction of sp³-hybridized carbons (Fsp3) is 0.824. The van der Waals surface area contributed by atoms with Crippen LogP contribution in [0.5, 0.6) is 0 Å². The van der Waals surface area contributed by atoms with Gasteiger partial charge in [-0.3, -0.25) is 9.58 Å². The molecule has 1 N–H and O–H groups in total. The van der Waals surface area contributed by atoms with E-state index in [0.29, 0.717) is 6.04 Å². The Morgan fingerprint density at radius 1 is 1.38 bits per heavy atom. The topological polar surface area (TPSA) is 33.1 Å². The van der Waals surface area contributed by atoms with Crippen LogP contribution in [0.1, 0.15) is 51.4 Å². The summed E-state index contributed by atoms with van der Waals surface area (Å²) in [6.07, 6.45) is 4.03. The van der Waals surface area contributed by atoms with Crippen LogP contribution in [0.15, 0.2) is 6.07 Å². The molecule has 118 valence electrons. The summed E-state index contributed by atoms with van der Waals surface area (Å²) in [6, 6.07) is 2.96. The van der Waals surface area contributed by atoms with Crippen LogP contribution in [-0.4, -0.2) is 39.4 Å². The summed E-state index contributed by atoms with van der Waals surface area (Å²) in [4.78, 5) is 2.70. The Hall–Kier alpha value is -0.870. The molecule has 4 heteroatoms. The monoisotopic (exact) mass is 290 g/mol. The Morgan fingerprint density at radius 2 is 2.14 bits per heavy atom. The highest BCUT2D eigenvalue weighted by atomic mass is 15.3. The third-order valence-corrected chi connectivity index (χ3v) is 5.52. The largest absolute Gasteiger partial charge is 0.311 e. The highest BCUT2D eigenvalue weighted by molar-refractivity contribution is 5.11. The second-order valence-corrected chi connectivity index (χ2v) is 7.15. The quantitative estimate of drug-likeness (QED) is 0.905. The zero-order valence-electron chi connectivity index (χ0n) is 14.0. The summed E-state index contributed by atoms with van der Waals surface area (Å²) >= 11 is 0. The maximum Gasteiger partial charge on any atom is 0.0597 e. The lowest BCUT2D eigenvalue weighted by Gasteiger charge is -2.48. The van der Waals surface area contributed by atoms with Crippen molar-refractivity contribution in [2.45, 2.75) is 71.6 Å². The lowest BCUT2D eigenvalue weighted by Crippen LogP contribution is -2.63. The third kappa shape index (κ3) is 3.02. The first-order valence-corrected chi connectivity index (χ1v) is 8.57. The molecule has 0 aromatic carbocycles. The maximum atomic E-state index is 4.61. The van der Waals surface area contributed by atoms with Gasteiger partial charge in [-0.15, -0.1) is 0 Å². The summed E-state index contributed by atoms with van der Waals surface area (Å²) in [5.74, 6) is 0.923. The normalized spacial score (nSPS) is 30.8. The predicted octanol–water partition coefficient (Wildman–Crippen LogP) is 2.56. The van der Waals surface area contributed by atoms with Crippen LogP contribution < -0.4 is 5.32 Å². The van der Waals surface area contributed by atoms with E-state index in [4.69, 9.17) is 0 Å². The molecule has 2 atom stereocenters. The number of piperazine rings is 1. The number of hydrogen-bond acceptors (Lipinski definition) is 3. The lowest BCUT2D eigenvalue weighted by atomic mass is 9.91. The molecule has 1 aromatic rings. The molecule has 2 fully saturated rings. The van der Waals surface area contributed by atoms with Gasteiger partial charge in [0.25, 0.3) is 0 Å². The van der Waals surface area contributed by atoms with Crippen molar-refractivity contribution in [2.24, 2.45) is 5.92 Å². The van der Waals surface area contributed by atoms with E-state index >= 15 is 0 Å². The Bertz CT molecular complexity index is 491. The third-order valence-electron chi connectivity index (χ3n) is 5.52. The molecule has 1 aliphatic heterocycles. The SMILES string of the molecule is CCn1nc(C)cc1CN1CC(C2CC2)NCC1(C)CC. The minimum atomic E-state index is 0.266. The summed E-state index contributed by atoms with van der Waals surface area (Å²) in [5.41, 5.74) is 2.77. The molecule has 1 aromatic heterocycles. The molecule has 2 heterocycles. The first-order valence-electron chi connectivity index (χ1n) is 8.57. The lowest BCUT2D eigenvalue weighted by molar-refractivity contribution is 0.0347. The van der Waals surface area contributed by atoms with Crippen molar-refractivity contribution < 1.29 is 0 Å². The average molecular weight is 290 g/mol. The van der Waals surface area contributed by atoms with E-state index < -0.39 is 0 Å². The minimum absolute atomic E-state index is 0.266. The van der Waals surface area contributed by atoms with Gasteiger partial charge in [-0.05, 0) is 52.0 Å². The maximum absolute atomic E-state index is 4.61. The van der Waals surface area contributed by atoms with E-state index in [-0.39, 0.29) is 5.54 Å². The highest BCUT2D eigenvalue weighted by Crippen LogP contribution is 2.36. The van der Waals surface area contributed by atoms with Crippen molar-refractivity contribution in [3.8, 4) is 0 Å². The van der Waals surface area contributed by atoms with Crippen LogP contribution in [0.2, 0.25) is 0 Å². The van der Waals surface area contributed by atoms with Gasteiger partial charge in [-0.2, -0.15) is 5.10 Å². The van der Waals surface area contributed by atoms with Gasteiger partial charge >= 0.3 is 0 Å². The molecule has 4 nitrogen and oxygen atoms in total. The van der Waals surface area contributed by atoms with Gasteiger partial charge in [0.05, 0.1) is 11.4 Å². The van der Waals surface area contributed by atoms with E-state index in [1.807, 2.05) is 0 Å². The summed E-state index contributed by atoms with van der Waals surface area (Å²) < 4.78 is 2.17. The Kier molecular flexibility index (Phi) is 4.10. The second-order valence-electron chi connectivity index (χ2n) is 7.15. The van der Waals surface area contributed by atoms with Gasteiger partial charge in [0.2, 0.25) is 0 Å². The van der Waals surface area contributed by atoms with Crippen LogP contribution in [0.4, 0.5) is 0 Å². The second kappa shape index (κ2) is 5.73. The summed E-state index contributed by atoms with van der Waals surface area (Å²) in [7, 11) is 0. The number of nitrogens with one attached hydrogen (secondary N) is 1. The summed E-state index contributed by atoms with van der Waals surface area (Å²) in [6.45, 7) is 13.3. The smallest absolute Gasteiger partial charge is 0.0597 e. The van der Waals surface area contributed by atoms with E-state index in [2.05, 4.69) is 53.8 Å². The van der Waals surface area contributed by atoms with Crippen molar-refractivity contribution in [2.75, 3.05) is 13.1 Å². The van der Waals surface area contributed by atoms with Gasteiger partial charge in [-0.25, -0.2) is 0 Å². The van der Waals surface area contributed by atoms with Crippen molar-refractivity contribution >= 4 is 0 Å². The summed E-state index contributed by atoms with van der Waals surface area (Å²) in [5, 5.41) is 8.42. The zero-order valence-corrected chi connectivity index (χ0v) is 14.0. The number of aromatic nitrogens is 2. The van der Waals surface area contributed by atoms with Gasteiger partial charge in [0, 0.05) is 37.8 Å². The molecule has 1 saturated carbocycles. The first-order chi connectivity index (χ1) is 10.1. The standard InChI is InChI=1S/C17H30N4/c1-5-17(4)12-18-16(14-7-8-14)11-20(17)10-15-9-13(3)19-21(15)6-2/h9,14,16,18H,5-8,10-12H2,1-4H3. The first kappa shape index (κ1) is 15.0. The molecule has 1 saturated heterocycles. The predicted molar refractivity (Wildman–Crippen MR) is 86.3 cm³/mol. The molecule has 0 amide bonds. The Labute approximate surface area is 128 Å². The molecular formula is C17H30N4. The van der Waals surface area contributed by atoms with Crippen molar-refractivity contribution in [1.82, 2.24) is 20.0 Å². The van der Waals surface area contributed by atoms with Gasteiger partial charge in [0.15, 0.2) is 0 Å². The molecule has 2 unspecified atom stereocenters. The van der Waals surface area contributed by atoms with Crippen LogP contribution in [-0.2, 0) is 13.1 Å². The van der Waals surface area contributed by atoms with Crippen molar-refractivity contribution in [3.05, 3.63) is 17.5 Å². The molecule has 0 bridgehead atoms. The zero-order chi connectivity index (χ0) is 15.0. The van der Waals surface area contributed by atoms with E-state index in [9.17, 15) is 0 Å². The average Bonchev–Trinajstić information content (AvgIpc) is 3.25. The fourth-order valence-electron chi connectivity index (χ4n) is 3.60. The van der Waals surface area contributed by atoms with Crippen LogP contribution >= 0.6 is 0 Å². The highest BCUT2D eigenvalue weighted by Gasteiger charge is 2.41.